The highest BCUT2D eigenvalue weighted by Crippen LogP contribution is 2.32. The molecule has 0 aromatic heterocycles. The predicted octanol–water partition coefficient (Wildman–Crippen LogP) is 2.09. The van der Waals surface area contributed by atoms with E-state index in [-0.39, 0.29) is 0 Å². The summed E-state index contributed by atoms with van der Waals surface area (Å²) in [7, 11) is 0. The Kier molecular flexibility index (Phi) is 3.59. The largest absolute Gasteiger partial charge is 0.493 e. The fraction of sp³-hybridized carbons (Fsp3) is 0.500. The minimum Gasteiger partial charge on any atom is -0.493 e. The van der Waals surface area contributed by atoms with Gasteiger partial charge in [-0.05, 0) is 25.0 Å². The normalized spacial score (nSPS) is 19.4. The van der Waals surface area contributed by atoms with E-state index in [1.165, 1.54) is 5.56 Å². The zero-order chi connectivity index (χ0) is 10.5. The number of nitrogens with one attached hydrogen (secondary N) is 1. The van der Waals surface area contributed by atoms with Gasteiger partial charge < -0.3 is 9.57 Å². The van der Waals surface area contributed by atoms with Gasteiger partial charge in [-0.25, -0.2) is 5.48 Å². The van der Waals surface area contributed by atoms with Gasteiger partial charge in [0.2, 0.25) is 0 Å². The van der Waals surface area contributed by atoms with Gasteiger partial charge in [-0.2, -0.15) is 0 Å². The number of para-hydroxylation sites is 1. The first-order chi connectivity index (χ1) is 7.42. The fourth-order valence-corrected chi connectivity index (χ4v) is 1.89. The number of ether oxygens (including phenoxy) is 1. The summed E-state index contributed by atoms with van der Waals surface area (Å²) in [5, 5.41) is 0. The summed E-state index contributed by atoms with van der Waals surface area (Å²) < 4.78 is 5.59. The van der Waals surface area contributed by atoms with E-state index in [1.54, 1.807) is 0 Å². The van der Waals surface area contributed by atoms with Crippen LogP contribution in [0.3, 0.4) is 0 Å². The van der Waals surface area contributed by atoms with E-state index >= 15 is 0 Å². The molecule has 0 fully saturated rings. The number of rotatable bonds is 4. The molecule has 0 bridgehead atoms. The maximum Gasteiger partial charge on any atom is 0.122 e. The van der Waals surface area contributed by atoms with Crippen molar-refractivity contribution in [2.24, 2.45) is 0 Å². The van der Waals surface area contributed by atoms with Crippen LogP contribution < -0.4 is 10.2 Å². The minimum atomic E-state index is 0.501. The van der Waals surface area contributed by atoms with E-state index in [0.717, 1.165) is 25.3 Å². The number of benzene rings is 1. The molecule has 1 N–H and O–H groups in total. The van der Waals surface area contributed by atoms with E-state index in [1.807, 2.05) is 19.1 Å². The van der Waals surface area contributed by atoms with Gasteiger partial charge in [0.15, 0.2) is 0 Å². The van der Waals surface area contributed by atoms with Gasteiger partial charge in [-0.3, -0.25) is 0 Å². The Hall–Kier alpha value is -1.06. The SMILES string of the molecule is CCONCC1CCOc2ccccc21. The van der Waals surface area contributed by atoms with Crippen molar-refractivity contribution in [2.75, 3.05) is 19.8 Å². The quantitative estimate of drug-likeness (QED) is 0.606. The van der Waals surface area contributed by atoms with Gasteiger partial charge in [0, 0.05) is 12.5 Å². The van der Waals surface area contributed by atoms with Crippen LogP contribution in [0.4, 0.5) is 0 Å². The molecule has 3 nitrogen and oxygen atoms in total. The van der Waals surface area contributed by atoms with Crippen molar-refractivity contribution in [3.8, 4) is 5.75 Å². The number of hydrogen-bond donors (Lipinski definition) is 1. The zero-order valence-corrected chi connectivity index (χ0v) is 9.03. The molecule has 0 saturated carbocycles. The molecule has 1 unspecified atom stereocenters. The Morgan fingerprint density at radius 3 is 3.20 bits per heavy atom. The molecular weight excluding hydrogens is 190 g/mol. The molecule has 0 amide bonds. The lowest BCUT2D eigenvalue weighted by Gasteiger charge is -2.25. The van der Waals surface area contributed by atoms with E-state index < -0.39 is 0 Å². The summed E-state index contributed by atoms with van der Waals surface area (Å²) >= 11 is 0. The van der Waals surface area contributed by atoms with E-state index in [4.69, 9.17) is 9.57 Å². The second-order valence-electron chi connectivity index (χ2n) is 3.65. The number of fused-ring (bicyclic) bond motifs is 1. The second-order valence-corrected chi connectivity index (χ2v) is 3.65. The molecule has 2 rings (SSSR count). The van der Waals surface area contributed by atoms with Crippen molar-refractivity contribution in [3.63, 3.8) is 0 Å². The molecular formula is C12H17NO2. The van der Waals surface area contributed by atoms with Crippen LogP contribution in [-0.4, -0.2) is 19.8 Å². The molecule has 3 heteroatoms. The minimum absolute atomic E-state index is 0.501. The number of hydroxylamine groups is 1. The van der Waals surface area contributed by atoms with Gasteiger partial charge in [-0.1, -0.05) is 18.2 Å². The summed E-state index contributed by atoms with van der Waals surface area (Å²) in [5.74, 6) is 1.52. The first kappa shape index (κ1) is 10.5. The van der Waals surface area contributed by atoms with Gasteiger partial charge >= 0.3 is 0 Å². The maximum atomic E-state index is 5.59. The monoisotopic (exact) mass is 207 g/mol. The molecule has 82 valence electrons. The average Bonchev–Trinajstić information content (AvgIpc) is 2.30. The molecule has 1 aliphatic rings. The van der Waals surface area contributed by atoms with Crippen molar-refractivity contribution in [1.29, 1.82) is 0 Å². The predicted molar refractivity (Wildman–Crippen MR) is 58.9 cm³/mol. The second kappa shape index (κ2) is 5.14. The lowest BCUT2D eigenvalue weighted by atomic mass is 9.93. The molecule has 1 aromatic rings. The zero-order valence-electron chi connectivity index (χ0n) is 9.03. The Bertz CT molecular complexity index is 314. The van der Waals surface area contributed by atoms with Crippen LogP contribution in [-0.2, 0) is 4.84 Å². The van der Waals surface area contributed by atoms with Crippen molar-refractivity contribution in [3.05, 3.63) is 29.8 Å². The van der Waals surface area contributed by atoms with E-state index in [9.17, 15) is 0 Å². The standard InChI is InChI=1S/C12H17NO2/c1-2-15-13-9-10-7-8-14-12-6-4-3-5-11(10)12/h3-6,10,13H,2,7-9H2,1H3. The van der Waals surface area contributed by atoms with Crippen molar-refractivity contribution in [2.45, 2.75) is 19.3 Å². The Labute approximate surface area is 90.3 Å². The highest BCUT2D eigenvalue weighted by atomic mass is 16.6. The molecule has 1 aromatic carbocycles. The molecule has 0 radical (unpaired) electrons. The summed E-state index contributed by atoms with van der Waals surface area (Å²) in [6.45, 7) is 4.33. The third-order valence-electron chi connectivity index (χ3n) is 2.66. The van der Waals surface area contributed by atoms with Crippen LogP contribution in [0.5, 0.6) is 5.75 Å². The lowest BCUT2D eigenvalue weighted by molar-refractivity contribution is 0.0445. The van der Waals surface area contributed by atoms with Crippen LogP contribution in [0.25, 0.3) is 0 Å². The Morgan fingerprint density at radius 1 is 1.47 bits per heavy atom. The molecule has 15 heavy (non-hydrogen) atoms. The molecule has 0 spiro atoms. The maximum absolute atomic E-state index is 5.59. The summed E-state index contributed by atoms with van der Waals surface area (Å²) in [5.41, 5.74) is 4.28. The Morgan fingerprint density at radius 2 is 2.33 bits per heavy atom. The smallest absolute Gasteiger partial charge is 0.122 e. The summed E-state index contributed by atoms with van der Waals surface area (Å²) in [6.07, 6.45) is 1.05. The van der Waals surface area contributed by atoms with Gasteiger partial charge in [0.25, 0.3) is 0 Å². The molecule has 1 aliphatic heterocycles. The van der Waals surface area contributed by atoms with Crippen LogP contribution in [0.1, 0.15) is 24.8 Å². The first-order valence-electron chi connectivity index (χ1n) is 5.48. The van der Waals surface area contributed by atoms with Crippen LogP contribution in [0.2, 0.25) is 0 Å². The topological polar surface area (TPSA) is 30.5 Å². The van der Waals surface area contributed by atoms with Gasteiger partial charge in [0.05, 0.1) is 13.2 Å². The Balaban J connectivity index is 2.02. The number of hydrogen-bond acceptors (Lipinski definition) is 3. The third kappa shape index (κ3) is 2.49. The summed E-state index contributed by atoms with van der Waals surface area (Å²) in [6, 6.07) is 8.23. The van der Waals surface area contributed by atoms with Crippen molar-refractivity contribution >= 4 is 0 Å². The van der Waals surface area contributed by atoms with Crippen molar-refractivity contribution < 1.29 is 9.57 Å². The van der Waals surface area contributed by atoms with E-state index in [2.05, 4.69) is 17.6 Å². The first-order valence-corrected chi connectivity index (χ1v) is 5.48. The van der Waals surface area contributed by atoms with Crippen LogP contribution >= 0.6 is 0 Å². The van der Waals surface area contributed by atoms with Gasteiger partial charge in [-0.15, -0.1) is 0 Å². The van der Waals surface area contributed by atoms with E-state index in [0.29, 0.717) is 12.5 Å². The van der Waals surface area contributed by atoms with Crippen molar-refractivity contribution in [1.82, 2.24) is 5.48 Å². The molecule has 0 saturated heterocycles. The molecule has 1 atom stereocenters. The molecule has 0 aliphatic carbocycles. The van der Waals surface area contributed by atoms with Gasteiger partial charge in [0.1, 0.15) is 5.75 Å². The third-order valence-corrected chi connectivity index (χ3v) is 2.66. The average molecular weight is 207 g/mol. The van der Waals surface area contributed by atoms with Crippen LogP contribution in [0, 0.1) is 0 Å². The fourth-order valence-electron chi connectivity index (χ4n) is 1.89. The van der Waals surface area contributed by atoms with Crippen LogP contribution in [0.15, 0.2) is 24.3 Å². The highest BCUT2D eigenvalue weighted by molar-refractivity contribution is 5.37. The lowest BCUT2D eigenvalue weighted by Crippen LogP contribution is -2.26. The highest BCUT2D eigenvalue weighted by Gasteiger charge is 2.20. The summed E-state index contributed by atoms with van der Waals surface area (Å²) in [4.78, 5) is 5.16. The molecule has 1 heterocycles.